The van der Waals surface area contributed by atoms with E-state index in [2.05, 4.69) is 34.1 Å². The summed E-state index contributed by atoms with van der Waals surface area (Å²) in [5, 5.41) is 1.26. The fraction of sp³-hybridized carbons (Fsp3) is 0.381. The van der Waals surface area contributed by atoms with Crippen LogP contribution in [-0.2, 0) is 19.3 Å². The zero-order chi connectivity index (χ0) is 17.9. The zero-order valence-electron chi connectivity index (χ0n) is 14.6. The SMILES string of the molecule is Fc1cccnc1CCc1c(CCN2CCC(F)C2)sc2ccccc12. The molecule has 136 valence electrons. The second-order valence-electron chi connectivity index (χ2n) is 6.87. The Bertz CT molecular complexity index is 893. The van der Waals surface area contributed by atoms with Crippen LogP contribution in [-0.4, -0.2) is 35.7 Å². The van der Waals surface area contributed by atoms with Crippen molar-refractivity contribution < 1.29 is 8.78 Å². The minimum Gasteiger partial charge on any atom is -0.300 e. The van der Waals surface area contributed by atoms with Crippen LogP contribution in [0.3, 0.4) is 0 Å². The number of hydrogen-bond acceptors (Lipinski definition) is 3. The minimum absolute atomic E-state index is 0.236. The van der Waals surface area contributed by atoms with E-state index in [9.17, 15) is 8.78 Å². The molecule has 5 heteroatoms. The molecule has 1 saturated heterocycles. The van der Waals surface area contributed by atoms with Gasteiger partial charge in [-0.2, -0.15) is 0 Å². The molecule has 0 spiro atoms. The maximum Gasteiger partial charge on any atom is 0.144 e. The number of halogens is 2. The summed E-state index contributed by atoms with van der Waals surface area (Å²) in [5.74, 6) is -0.236. The van der Waals surface area contributed by atoms with Crippen LogP contribution in [0.4, 0.5) is 8.78 Å². The Labute approximate surface area is 156 Å². The highest BCUT2D eigenvalue weighted by molar-refractivity contribution is 7.19. The molecule has 1 fully saturated rings. The molecular formula is C21H22F2N2S. The van der Waals surface area contributed by atoms with Gasteiger partial charge in [-0.05, 0) is 54.8 Å². The summed E-state index contributed by atoms with van der Waals surface area (Å²) < 4.78 is 28.6. The molecule has 3 heterocycles. The van der Waals surface area contributed by atoms with E-state index in [0.717, 1.165) is 25.9 Å². The molecule has 2 aromatic heterocycles. The average Bonchev–Trinajstić information content (AvgIpc) is 3.22. The first-order valence-corrected chi connectivity index (χ1v) is 9.97. The summed E-state index contributed by atoms with van der Waals surface area (Å²) in [4.78, 5) is 7.73. The van der Waals surface area contributed by atoms with Crippen LogP contribution < -0.4 is 0 Å². The number of nitrogens with zero attached hydrogens (tertiary/aromatic N) is 2. The summed E-state index contributed by atoms with van der Waals surface area (Å²) in [6, 6.07) is 11.5. The number of likely N-dealkylation sites (tertiary alicyclic amines) is 1. The van der Waals surface area contributed by atoms with Crippen molar-refractivity contribution in [2.75, 3.05) is 19.6 Å². The van der Waals surface area contributed by atoms with Crippen LogP contribution in [0.2, 0.25) is 0 Å². The lowest BCUT2D eigenvalue weighted by atomic mass is 10.0. The number of pyridine rings is 1. The second-order valence-corrected chi connectivity index (χ2v) is 8.01. The number of hydrogen-bond donors (Lipinski definition) is 0. The Morgan fingerprint density at radius 3 is 2.81 bits per heavy atom. The largest absolute Gasteiger partial charge is 0.300 e. The van der Waals surface area contributed by atoms with Gasteiger partial charge in [0.2, 0.25) is 0 Å². The number of thiophene rings is 1. The van der Waals surface area contributed by atoms with Crippen LogP contribution in [0, 0.1) is 5.82 Å². The quantitative estimate of drug-likeness (QED) is 0.617. The molecule has 1 atom stereocenters. The fourth-order valence-corrected chi connectivity index (χ4v) is 4.96. The Kier molecular flexibility index (Phi) is 5.27. The van der Waals surface area contributed by atoms with Crippen LogP contribution in [0.5, 0.6) is 0 Å². The van der Waals surface area contributed by atoms with Crippen molar-refractivity contribution in [2.45, 2.75) is 31.9 Å². The Morgan fingerprint density at radius 2 is 2.00 bits per heavy atom. The molecule has 1 aliphatic heterocycles. The molecule has 2 nitrogen and oxygen atoms in total. The number of benzene rings is 1. The molecule has 0 amide bonds. The summed E-state index contributed by atoms with van der Waals surface area (Å²) >= 11 is 1.81. The lowest BCUT2D eigenvalue weighted by Gasteiger charge is -2.14. The lowest BCUT2D eigenvalue weighted by molar-refractivity contribution is 0.290. The third kappa shape index (κ3) is 3.79. The molecule has 4 rings (SSSR count). The summed E-state index contributed by atoms with van der Waals surface area (Å²) in [6.45, 7) is 2.29. The van der Waals surface area contributed by atoms with Crippen molar-refractivity contribution in [1.29, 1.82) is 0 Å². The van der Waals surface area contributed by atoms with Gasteiger partial charge in [0, 0.05) is 35.4 Å². The number of fused-ring (bicyclic) bond motifs is 1. The first kappa shape index (κ1) is 17.6. The van der Waals surface area contributed by atoms with Crippen molar-refractivity contribution in [2.24, 2.45) is 0 Å². The predicted octanol–water partition coefficient (Wildman–Crippen LogP) is 4.81. The first-order chi connectivity index (χ1) is 12.7. The molecule has 0 aliphatic carbocycles. The predicted molar refractivity (Wildman–Crippen MR) is 103 cm³/mol. The van der Waals surface area contributed by atoms with Gasteiger partial charge in [-0.25, -0.2) is 8.78 Å². The molecule has 1 aliphatic rings. The smallest absolute Gasteiger partial charge is 0.144 e. The van der Waals surface area contributed by atoms with E-state index in [4.69, 9.17) is 0 Å². The van der Waals surface area contributed by atoms with Crippen LogP contribution in [0.25, 0.3) is 10.1 Å². The monoisotopic (exact) mass is 372 g/mol. The molecule has 3 aromatic rings. The van der Waals surface area contributed by atoms with Gasteiger partial charge in [0.15, 0.2) is 0 Å². The molecule has 26 heavy (non-hydrogen) atoms. The van der Waals surface area contributed by atoms with Crippen molar-refractivity contribution >= 4 is 21.4 Å². The maximum absolute atomic E-state index is 13.9. The van der Waals surface area contributed by atoms with Crippen molar-refractivity contribution in [3.63, 3.8) is 0 Å². The normalized spacial score (nSPS) is 18.0. The number of aryl methyl sites for hydroxylation is 2. The molecular weight excluding hydrogens is 350 g/mol. The third-order valence-corrected chi connectivity index (χ3v) is 6.37. The van der Waals surface area contributed by atoms with E-state index in [0.29, 0.717) is 25.1 Å². The van der Waals surface area contributed by atoms with E-state index in [-0.39, 0.29) is 5.82 Å². The van der Waals surface area contributed by atoms with E-state index in [1.54, 1.807) is 12.3 Å². The highest BCUT2D eigenvalue weighted by Crippen LogP contribution is 2.33. The van der Waals surface area contributed by atoms with Gasteiger partial charge in [0.25, 0.3) is 0 Å². The molecule has 0 radical (unpaired) electrons. The summed E-state index contributed by atoms with van der Waals surface area (Å²) in [6.07, 6.45) is 3.91. The topological polar surface area (TPSA) is 16.1 Å². The molecule has 1 aromatic carbocycles. The second kappa shape index (κ2) is 7.80. The highest BCUT2D eigenvalue weighted by atomic mass is 32.1. The van der Waals surface area contributed by atoms with Crippen LogP contribution in [0.15, 0.2) is 42.6 Å². The van der Waals surface area contributed by atoms with Gasteiger partial charge in [-0.3, -0.25) is 9.88 Å². The molecule has 0 N–H and O–H groups in total. The van der Waals surface area contributed by atoms with Crippen LogP contribution in [0.1, 0.15) is 22.6 Å². The summed E-state index contributed by atoms with van der Waals surface area (Å²) in [5.41, 5.74) is 1.82. The van der Waals surface area contributed by atoms with E-state index >= 15 is 0 Å². The van der Waals surface area contributed by atoms with E-state index in [1.165, 1.54) is 26.6 Å². The molecule has 0 saturated carbocycles. The van der Waals surface area contributed by atoms with Gasteiger partial charge >= 0.3 is 0 Å². The van der Waals surface area contributed by atoms with Gasteiger partial charge in [0.05, 0.1) is 5.69 Å². The third-order valence-electron chi connectivity index (χ3n) is 5.10. The van der Waals surface area contributed by atoms with Gasteiger partial charge in [-0.1, -0.05) is 18.2 Å². The van der Waals surface area contributed by atoms with Crippen molar-refractivity contribution in [3.05, 3.63) is 64.5 Å². The van der Waals surface area contributed by atoms with Crippen molar-refractivity contribution in [3.8, 4) is 0 Å². The highest BCUT2D eigenvalue weighted by Gasteiger charge is 2.22. The first-order valence-electron chi connectivity index (χ1n) is 9.16. The Hall–Kier alpha value is -1.85. The summed E-state index contributed by atoms with van der Waals surface area (Å²) in [7, 11) is 0. The number of alkyl halides is 1. The minimum atomic E-state index is -0.677. The van der Waals surface area contributed by atoms with Gasteiger partial charge in [-0.15, -0.1) is 11.3 Å². The lowest BCUT2D eigenvalue weighted by Crippen LogP contribution is -2.23. The van der Waals surface area contributed by atoms with E-state index < -0.39 is 6.17 Å². The molecule has 1 unspecified atom stereocenters. The Morgan fingerprint density at radius 1 is 1.12 bits per heavy atom. The zero-order valence-corrected chi connectivity index (χ0v) is 15.4. The van der Waals surface area contributed by atoms with Crippen LogP contribution >= 0.6 is 11.3 Å². The fourth-order valence-electron chi connectivity index (χ4n) is 3.72. The van der Waals surface area contributed by atoms with Gasteiger partial charge < -0.3 is 0 Å². The molecule has 0 bridgehead atoms. The Balaban J connectivity index is 1.54. The van der Waals surface area contributed by atoms with Crippen molar-refractivity contribution in [1.82, 2.24) is 9.88 Å². The van der Waals surface area contributed by atoms with Gasteiger partial charge in [0.1, 0.15) is 12.0 Å². The average molecular weight is 372 g/mol. The maximum atomic E-state index is 13.9. The standard InChI is InChI=1S/C21H22F2N2S/c22-15-9-12-25(14-15)13-10-21-17(16-4-1-2-6-20(16)26-21)7-8-19-18(23)5-3-11-24-19/h1-6,11,15H,7-10,12-14H2. The number of aromatic nitrogens is 1. The number of rotatable bonds is 6. The van der Waals surface area contributed by atoms with E-state index in [1.807, 2.05) is 11.3 Å².